The fourth-order valence-corrected chi connectivity index (χ4v) is 2.22. The van der Waals surface area contributed by atoms with E-state index in [9.17, 15) is 14.7 Å². The number of carbonyl (C=O) groups excluding carboxylic acids is 1. The van der Waals surface area contributed by atoms with E-state index >= 15 is 0 Å². The molecule has 18 heavy (non-hydrogen) atoms. The molecule has 0 aromatic carbocycles. The first-order valence-electron chi connectivity index (χ1n) is 6.17. The SMILES string of the molecule is O=C(NC1(C(=O)O)CCOCC1)N1CC=CCC1. The molecule has 100 valence electrons. The van der Waals surface area contributed by atoms with Gasteiger partial charge in [-0.25, -0.2) is 9.59 Å². The van der Waals surface area contributed by atoms with E-state index < -0.39 is 11.5 Å². The highest BCUT2D eigenvalue weighted by molar-refractivity contribution is 5.86. The van der Waals surface area contributed by atoms with Crippen molar-refractivity contribution in [3.8, 4) is 0 Å². The Morgan fingerprint density at radius 2 is 2.00 bits per heavy atom. The number of nitrogens with zero attached hydrogens (tertiary/aromatic N) is 1. The van der Waals surface area contributed by atoms with Gasteiger partial charge in [0, 0.05) is 39.1 Å². The van der Waals surface area contributed by atoms with Gasteiger partial charge in [0.2, 0.25) is 0 Å². The molecule has 6 heteroatoms. The molecule has 2 rings (SSSR count). The summed E-state index contributed by atoms with van der Waals surface area (Å²) in [5, 5.41) is 12.0. The molecule has 2 aliphatic heterocycles. The molecular formula is C12H18N2O4. The number of hydrogen-bond donors (Lipinski definition) is 2. The predicted molar refractivity (Wildman–Crippen MR) is 64.3 cm³/mol. The highest BCUT2D eigenvalue weighted by Crippen LogP contribution is 2.21. The fraction of sp³-hybridized carbons (Fsp3) is 0.667. The van der Waals surface area contributed by atoms with Gasteiger partial charge in [-0.2, -0.15) is 0 Å². The second-order valence-corrected chi connectivity index (χ2v) is 4.64. The molecule has 2 heterocycles. The van der Waals surface area contributed by atoms with Crippen LogP contribution in [0.2, 0.25) is 0 Å². The smallest absolute Gasteiger partial charge is 0.329 e. The van der Waals surface area contributed by atoms with Crippen LogP contribution in [0, 0.1) is 0 Å². The summed E-state index contributed by atoms with van der Waals surface area (Å²) in [5.41, 5.74) is -1.17. The summed E-state index contributed by atoms with van der Waals surface area (Å²) < 4.78 is 5.16. The van der Waals surface area contributed by atoms with E-state index in [-0.39, 0.29) is 6.03 Å². The van der Waals surface area contributed by atoms with Crippen LogP contribution in [0.3, 0.4) is 0 Å². The minimum Gasteiger partial charge on any atom is -0.480 e. The molecule has 1 fully saturated rings. The van der Waals surface area contributed by atoms with Gasteiger partial charge in [0.25, 0.3) is 0 Å². The van der Waals surface area contributed by atoms with Gasteiger partial charge in [-0.05, 0) is 6.42 Å². The highest BCUT2D eigenvalue weighted by Gasteiger charge is 2.42. The molecule has 0 spiro atoms. The molecule has 0 saturated carbocycles. The molecule has 6 nitrogen and oxygen atoms in total. The summed E-state index contributed by atoms with van der Waals surface area (Å²) >= 11 is 0. The second kappa shape index (κ2) is 5.39. The number of rotatable bonds is 2. The molecule has 2 amide bonds. The molecule has 0 radical (unpaired) electrons. The highest BCUT2D eigenvalue weighted by atomic mass is 16.5. The van der Waals surface area contributed by atoms with Crippen molar-refractivity contribution in [3.05, 3.63) is 12.2 Å². The quantitative estimate of drug-likeness (QED) is 0.707. The molecular weight excluding hydrogens is 236 g/mol. The Morgan fingerprint density at radius 1 is 1.28 bits per heavy atom. The van der Waals surface area contributed by atoms with Crippen LogP contribution in [-0.4, -0.2) is 53.8 Å². The van der Waals surface area contributed by atoms with Crippen LogP contribution < -0.4 is 5.32 Å². The topological polar surface area (TPSA) is 78.9 Å². The van der Waals surface area contributed by atoms with Crippen molar-refractivity contribution in [2.75, 3.05) is 26.3 Å². The van der Waals surface area contributed by atoms with Crippen molar-refractivity contribution in [1.82, 2.24) is 10.2 Å². The second-order valence-electron chi connectivity index (χ2n) is 4.64. The lowest BCUT2D eigenvalue weighted by atomic mass is 9.90. The molecule has 0 aromatic heterocycles. The number of nitrogens with one attached hydrogen (secondary N) is 1. The Hall–Kier alpha value is -1.56. The van der Waals surface area contributed by atoms with Crippen molar-refractivity contribution in [3.63, 3.8) is 0 Å². The van der Waals surface area contributed by atoms with Crippen LogP contribution >= 0.6 is 0 Å². The monoisotopic (exact) mass is 254 g/mol. The number of amides is 2. The number of urea groups is 1. The Kier molecular flexibility index (Phi) is 3.86. The van der Waals surface area contributed by atoms with Crippen molar-refractivity contribution >= 4 is 12.0 Å². The number of aliphatic carboxylic acids is 1. The number of carboxylic acids is 1. The van der Waals surface area contributed by atoms with Crippen molar-refractivity contribution in [2.24, 2.45) is 0 Å². The van der Waals surface area contributed by atoms with E-state index in [4.69, 9.17) is 4.74 Å². The van der Waals surface area contributed by atoms with Gasteiger partial charge in [-0.15, -0.1) is 0 Å². The first-order chi connectivity index (χ1) is 8.64. The lowest BCUT2D eigenvalue weighted by Crippen LogP contribution is -2.60. The maximum Gasteiger partial charge on any atom is 0.329 e. The predicted octanol–water partition coefficient (Wildman–Crippen LogP) is 0.592. The van der Waals surface area contributed by atoms with Crippen molar-refractivity contribution < 1.29 is 19.4 Å². The Labute approximate surface area is 106 Å². The molecule has 0 bridgehead atoms. The van der Waals surface area contributed by atoms with E-state index in [0.717, 1.165) is 6.42 Å². The zero-order valence-electron chi connectivity index (χ0n) is 10.2. The maximum atomic E-state index is 12.1. The average Bonchev–Trinajstić information content (AvgIpc) is 2.40. The standard InChI is InChI=1S/C12H18N2O4/c15-10(16)12(4-8-18-9-5-12)13-11(17)14-6-2-1-3-7-14/h1-2H,3-9H2,(H,13,17)(H,15,16). The van der Waals surface area contributed by atoms with Gasteiger partial charge in [0.15, 0.2) is 0 Å². The fourth-order valence-electron chi connectivity index (χ4n) is 2.22. The van der Waals surface area contributed by atoms with E-state index in [1.54, 1.807) is 4.90 Å². The maximum absolute atomic E-state index is 12.1. The normalized spacial score (nSPS) is 22.6. The summed E-state index contributed by atoms with van der Waals surface area (Å²) in [6, 6.07) is -0.302. The number of carboxylic acid groups (broad SMARTS) is 1. The third-order valence-corrected chi connectivity index (χ3v) is 3.45. The third kappa shape index (κ3) is 2.64. The molecule has 0 unspecified atom stereocenters. The van der Waals surface area contributed by atoms with Crippen LogP contribution in [0.25, 0.3) is 0 Å². The summed E-state index contributed by atoms with van der Waals surface area (Å²) in [7, 11) is 0. The van der Waals surface area contributed by atoms with Crippen LogP contribution in [-0.2, 0) is 9.53 Å². The molecule has 2 N–H and O–H groups in total. The zero-order chi connectivity index (χ0) is 13.0. The van der Waals surface area contributed by atoms with Gasteiger partial charge < -0.3 is 20.1 Å². The molecule has 0 aliphatic carbocycles. The van der Waals surface area contributed by atoms with Gasteiger partial charge in [-0.3, -0.25) is 0 Å². The van der Waals surface area contributed by atoms with Crippen molar-refractivity contribution in [1.29, 1.82) is 0 Å². The third-order valence-electron chi connectivity index (χ3n) is 3.45. The molecule has 1 saturated heterocycles. The molecule has 0 aromatic rings. The van der Waals surface area contributed by atoms with Crippen LogP contribution in [0.5, 0.6) is 0 Å². The Balaban J connectivity index is 2.02. The summed E-state index contributed by atoms with van der Waals surface area (Å²) in [6.45, 7) is 1.91. The van der Waals surface area contributed by atoms with Crippen LogP contribution in [0.1, 0.15) is 19.3 Å². The van der Waals surface area contributed by atoms with Crippen molar-refractivity contribution in [2.45, 2.75) is 24.8 Å². The zero-order valence-corrected chi connectivity index (χ0v) is 10.2. The Morgan fingerprint density at radius 3 is 2.56 bits per heavy atom. The molecule has 2 aliphatic rings. The average molecular weight is 254 g/mol. The van der Waals surface area contributed by atoms with Crippen LogP contribution in [0.15, 0.2) is 12.2 Å². The number of hydrogen-bond acceptors (Lipinski definition) is 3. The largest absolute Gasteiger partial charge is 0.480 e. The van der Waals surface area contributed by atoms with E-state index in [1.165, 1.54) is 0 Å². The summed E-state index contributed by atoms with van der Waals surface area (Å²) in [4.78, 5) is 25.1. The minimum atomic E-state index is -1.17. The minimum absolute atomic E-state index is 0.302. The van der Waals surface area contributed by atoms with Gasteiger partial charge in [-0.1, -0.05) is 12.2 Å². The van der Waals surface area contributed by atoms with Crippen LogP contribution in [0.4, 0.5) is 4.79 Å². The van der Waals surface area contributed by atoms with Gasteiger partial charge in [0.1, 0.15) is 5.54 Å². The number of ether oxygens (including phenoxy) is 1. The van der Waals surface area contributed by atoms with E-state index in [2.05, 4.69) is 5.32 Å². The van der Waals surface area contributed by atoms with Gasteiger partial charge in [0.05, 0.1) is 0 Å². The first kappa shape index (κ1) is 12.9. The summed E-state index contributed by atoms with van der Waals surface area (Å²) in [6.07, 6.45) is 5.39. The number of carbonyl (C=O) groups is 2. The summed E-state index contributed by atoms with van der Waals surface area (Å²) in [5.74, 6) is -0.980. The lowest BCUT2D eigenvalue weighted by molar-refractivity contribution is -0.148. The van der Waals surface area contributed by atoms with Gasteiger partial charge >= 0.3 is 12.0 Å². The van der Waals surface area contributed by atoms with E-state index in [1.807, 2.05) is 12.2 Å². The lowest BCUT2D eigenvalue weighted by Gasteiger charge is -2.36. The van der Waals surface area contributed by atoms with E-state index in [0.29, 0.717) is 39.1 Å². The molecule has 0 atom stereocenters. The Bertz CT molecular complexity index is 361. The first-order valence-corrected chi connectivity index (χ1v) is 6.17.